The maximum atomic E-state index is 5.74. The predicted octanol–water partition coefficient (Wildman–Crippen LogP) is 3.25. The molecule has 0 aliphatic carbocycles. The summed E-state index contributed by atoms with van der Waals surface area (Å²) in [7, 11) is 1.78. The lowest BCUT2D eigenvalue weighted by Crippen LogP contribution is -2.43. The van der Waals surface area contributed by atoms with Crippen molar-refractivity contribution in [3.8, 4) is 0 Å². The number of hydrogen-bond acceptors (Lipinski definition) is 3. The fourth-order valence-corrected chi connectivity index (χ4v) is 2.09. The SMILES string of the molecule is CCCNC(c1ccc(C)nc1)C(C)(CC)OC. The molecule has 3 heteroatoms. The van der Waals surface area contributed by atoms with Crippen molar-refractivity contribution in [2.24, 2.45) is 0 Å². The Kier molecular flexibility index (Phi) is 5.76. The van der Waals surface area contributed by atoms with Gasteiger partial charge in [0.05, 0.1) is 11.6 Å². The molecule has 102 valence electrons. The summed E-state index contributed by atoms with van der Waals surface area (Å²) in [5.74, 6) is 0. The van der Waals surface area contributed by atoms with E-state index in [2.05, 4.69) is 43.2 Å². The summed E-state index contributed by atoms with van der Waals surface area (Å²) in [5, 5.41) is 3.58. The molecule has 0 bridgehead atoms. The van der Waals surface area contributed by atoms with Crippen molar-refractivity contribution in [2.45, 2.75) is 52.2 Å². The summed E-state index contributed by atoms with van der Waals surface area (Å²) >= 11 is 0. The average molecular weight is 250 g/mol. The van der Waals surface area contributed by atoms with Crippen molar-refractivity contribution in [1.82, 2.24) is 10.3 Å². The van der Waals surface area contributed by atoms with Gasteiger partial charge in [-0.25, -0.2) is 0 Å². The van der Waals surface area contributed by atoms with Gasteiger partial charge in [0.25, 0.3) is 0 Å². The number of aryl methyl sites for hydroxylation is 1. The zero-order chi connectivity index (χ0) is 13.6. The summed E-state index contributed by atoms with van der Waals surface area (Å²) in [6.07, 6.45) is 4.02. The highest BCUT2D eigenvalue weighted by atomic mass is 16.5. The zero-order valence-electron chi connectivity index (χ0n) is 12.3. The Balaban J connectivity index is 3.00. The minimum atomic E-state index is -0.202. The highest BCUT2D eigenvalue weighted by Crippen LogP contribution is 2.31. The lowest BCUT2D eigenvalue weighted by Gasteiger charge is -2.36. The van der Waals surface area contributed by atoms with E-state index in [0.29, 0.717) is 0 Å². The molecule has 1 heterocycles. The molecule has 1 rings (SSSR count). The molecule has 2 atom stereocenters. The molecule has 0 aliphatic heterocycles. The molecule has 1 aromatic heterocycles. The van der Waals surface area contributed by atoms with Gasteiger partial charge in [0.1, 0.15) is 0 Å². The Morgan fingerprint density at radius 3 is 2.56 bits per heavy atom. The average Bonchev–Trinajstić information content (AvgIpc) is 2.40. The maximum absolute atomic E-state index is 5.74. The summed E-state index contributed by atoms with van der Waals surface area (Å²) in [4.78, 5) is 4.39. The number of ether oxygens (including phenoxy) is 1. The van der Waals surface area contributed by atoms with Gasteiger partial charge in [-0.05, 0) is 44.9 Å². The molecule has 1 N–H and O–H groups in total. The van der Waals surface area contributed by atoms with Crippen molar-refractivity contribution >= 4 is 0 Å². The fraction of sp³-hybridized carbons (Fsp3) is 0.667. The lowest BCUT2D eigenvalue weighted by molar-refractivity contribution is -0.0300. The van der Waals surface area contributed by atoms with Gasteiger partial charge in [-0.2, -0.15) is 0 Å². The molecule has 3 nitrogen and oxygen atoms in total. The second-order valence-electron chi connectivity index (χ2n) is 4.99. The molecule has 18 heavy (non-hydrogen) atoms. The number of nitrogens with one attached hydrogen (secondary N) is 1. The number of aromatic nitrogens is 1. The molecule has 0 aliphatic rings. The van der Waals surface area contributed by atoms with Crippen LogP contribution in [0, 0.1) is 6.92 Å². The highest BCUT2D eigenvalue weighted by molar-refractivity contribution is 5.20. The standard InChI is InChI=1S/C15H26N2O/c1-6-10-16-14(15(4,7-2)18-5)13-9-8-12(3)17-11-13/h8-9,11,14,16H,6-7,10H2,1-5H3. The first kappa shape index (κ1) is 15.1. The predicted molar refractivity (Wildman–Crippen MR) is 75.7 cm³/mol. The second kappa shape index (κ2) is 6.86. The van der Waals surface area contributed by atoms with E-state index >= 15 is 0 Å². The largest absolute Gasteiger partial charge is 0.377 e. The normalized spacial score (nSPS) is 16.3. The molecule has 0 amide bonds. The van der Waals surface area contributed by atoms with Crippen LogP contribution < -0.4 is 5.32 Å². The molecular weight excluding hydrogens is 224 g/mol. The monoisotopic (exact) mass is 250 g/mol. The van der Waals surface area contributed by atoms with E-state index in [4.69, 9.17) is 4.74 Å². The van der Waals surface area contributed by atoms with Gasteiger partial charge in [0.2, 0.25) is 0 Å². The minimum absolute atomic E-state index is 0.181. The number of pyridine rings is 1. The van der Waals surface area contributed by atoms with Gasteiger partial charge in [0, 0.05) is 19.0 Å². The smallest absolute Gasteiger partial charge is 0.0842 e. The van der Waals surface area contributed by atoms with Gasteiger partial charge < -0.3 is 10.1 Å². The third-order valence-electron chi connectivity index (χ3n) is 3.65. The van der Waals surface area contributed by atoms with E-state index in [9.17, 15) is 0 Å². The molecule has 0 radical (unpaired) electrons. The first-order valence-electron chi connectivity index (χ1n) is 6.78. The van der Waals surface area contributed by atoms with Gasteiger partial charge in [-0.15, -0.1) is 0 Å². The van der Waals surface area contributed by atoms with Crippen LogP contribution in [0.25, 0.3) is 0 Å². The van der Waals surface area contributed by atoms with Crippen molar-refractivity contribution in [2.75, 3.05) is 13.7 Å². The first-order chi connectivity index (χ1) is 8.57. The molecule has 0 saturated heterocycles. The van der Waals surface area contributed by atoms with E-state index in [-0.39, 0.29) is 11.6 Å². The van der Waals surface area contributed by atoms with Crippen LogP contribution in [0.4, 0.5) is 0 Å². The van der Waals surface area contributed by atoms with E-state index in [1.54, 1.807) is 7.11 Å². The number of rotatable bonds is 7. The molecule has 0 spiro atoms. The molecule has 2 unspecified atom stereocenters. The summed E-state index contributed by atoms with van der Waals surface area (Å²) in [6.45, 7) is 9.48. The number of methoxy groups -OCH3 is 1. The van der Waals surface area contributed by atoms with Crippen LogP contribution in [0.15, 0.2) is 18.3 Å². The fourth-order valence-electron chi connectivity index (χ4n) is 2.09. The van der Waals surface area contributed by atoms with Crippen LogP contribution in [-0.2, 0) is 4.74 Å². The maximum Gasteiger partial charge on any atom is 0.0842 e. The Morgan fingerprint density at radius 1 is 1.39 bits per heavy atom. The number of nitrogens with zero attached hydrogens (tertiary/aromatic N) is 1. The van der Waals surface area contributed by atoms with E-state index in [0.717, 1.165) is 25.1 Å². The lowest BCUT2D eigenvalue weighted by atomic mass is 9.88. The van der Waals surface area contributed by atoms with Crippen LogP contribution in [0.5, 0.6) is 0 Å². The van der Waals surface area contributed by atoms with Crippen molar-refractivity contribution < 1.29 is 4.74 Å². The second-order valence-corrected chi connectivity index (χ2v) is 4.99. The van der Waals surface area contributed by atoms with Gasteiger partial charge in [0.15, 0.2) is 0 Å². The van der Waals surface area contributed by atoms with E-state index < -0.39 is 0 Å². The Hall–Kier alpha value is -0.930. The summed E-state index contributed by atoms with van der Waals surface area (Å²) in [6, 6.07) is 4.38. The molecule has 0 saturated carbocycles. The minimum Gasteiger partial charge on any atom is -0.377 e. The van der Waals surface area contributed by atoms with Gasteiger partial charge >= 0.3 is 0 Å². The van der Waals surface area contributed by atoms with E-state index in [1.807, 2.05) is 13.1 Å². The van der Waals surface area contributed by atoms with Crippen molar-refractivity contribution in [3.63, 3.8) is 0 Å². The third-order valence-corrected chi connectivity index (χ3v) is 3.65. The number of hydrogen-bond donors (Lipinski definition) is 1. The van der Waals surface area contributed by atoms with E-state index in [1.165, 1.54) is 5.56 Å². The summed E-state index contributed by atoms with van der Waals surface area (Å²) in [5.41, 5.74) is 2.04. The van der Waals surface area contributed by atoms with Crippen LogP contribution in [0.1, 0.15) is 50.9 Å². The molecular formula is C15H26N2O. The van der Waals surface area contributed by atoms with Crippen LogP contribution in [0.3, 0.4) is 0 Å². The molecule has 1 aromatic rings. The topological polar surface area (TPSA) is 34.2 Å². The first-order valence-corrected chi connectivity index (χ1v) is 6.78. The molecule has 0 aromatic carbocycles. The van der Waals surface area contributed by atoms with Gasteiger partial charge in [-0.3, -0.25) is 4.98 Å². The Bertz CT molecular complexity index is 344. The van der Waals surface area contributed by atoms with Crippen LogP contribution in [-0.4, -0.2) is 24.2 Å². The highest BCUT2D eigenvalue weighted by Gasteiger charge is 2.33. The Morgan fingerprint density at radius 2 is 2.11 bits per heavy atom. The quantitative estimate of drug-likeness (QED) is 0.806. The molecule has 0 fully saturated rings. The van der Waals surface area contributed by atoms with Crippen LogP contribution in [0.2, 0.25) is 0 Å². The Labute approximate surface area is 111 Å². The summed E-state index contributed by atoms with van der Waals surface area (Å²) < 4.78 is 5.74. The zero-order valence-corrected chi connectivity index (χ0v) is 12.3. The van der Waals surface area contributed by atoms with Crippen molar-refractivity contribution in [3.05, 3.63) is 29.6 Å². The van der Waals surface area contributed by atoms with Gasteiger partial charge in [-0.1, -0.05) is 19.9 Å². The van der Waals surface area contributed by atoms with Crippen LogP contribution >= 0.6 is 0 Å². The third kappa shape index (κ3) is 3.53. The van der Waals surface area contributed by atoms with Crippen molar-refractivity contribution in [1.29, 1.82) is 0 Å².